The highest BCUT2D eigenvalue weighted by Crippen LogP contribution is 2.24. The Morgan fingerprint density at radius 1 is 1.03 bits per heavy atom. The molecule has 0 atom stereocenters. The first-order valence-electron chi connectivity index (χ1n) is 9.94. The third-order valence-electron chi connectivity index (χ3n) is 4.95. The SMILES string of the molecule is COC(=O)Cc1nn(-c2ccccc2)c2c1nnc1nc(SCc3ccc(C)cc3)nn12. The molecule has 0 aliphatic carbocycles. The van der Waals surface area contributed by atoms with Crippen molar-refractivity contribution in [2.45, 2.75) is 24.3 Å². The predicted octanol–water partition coefficient (Wildman–Crippen LogP) is 3.17. The van der Waals surface area contributed by atoms with E-state index in [1.54, 1.807) is 9.20 Å². The van der Waals surface area contributed by atoms with Gasteiger partial charge in [0.05, 0.1) is 19.2 Å². The van der Waals surface area contributed by atoms with Crippen LogP contribution in [0.25, 0.3) is 22.6 Å². The molecule has 3 aromatic heterocycles. The van der Waals surface area contributed by atoms with E-state index in [-0.39, 0.29) is 6.42 Å². The van der Waals surface area contributed by atoms with Gasteiger partial charge in [-0.3, -0.25) is 4.79 Å². The van der Waals surface area contributed by atoms with E-state index in [9.17, 15) is 4.79 Å². The first kappa shape index (κ1) is 20.1. The van der Waals surface area contributed by atoms with Gasteiger partial charge in [0.2, 0.25) is 5.16 Å². The molecule has 2 aromatic carbocycles. The zero-order chi connectivity index (χ0) is 22.1. The van der Waals surface area contributed by atoms with E-state index in [2.05, 4.69) is 56.6 Å². The molecule has 0 N–H and O–H groups in total. The molecule has 0 amide bonds. The van der Waals surface area contributed by atoms with Crippen LogP contribution in [0.2, 0.25) is 0 Å². The minimum Gasteiger partial charge on any atom is -0.469 e. The number of rotatable bonds is 6. The molecule has 0 bridgehead atoms. The zero-order valence-electron chi connectivity index (χ0n) is 17.5. The van der Waals surface area contributed by atoms with Gasteiger partial charge in [-0.2, -0.15) is 14.6 Å². The second kappa shape index (κ2) is 8.39. The Labute approximate surface area is 187 Å². The van der Waals surface area contributed by atoms with Crippen molar-refractivity contribution in [2.75, 3.05) is 7.11 Å². The van der Waals surface area contributed by atoms with E-state index in [0.29, 0.717) is 27.8 Å². The quantitative estimate of drug-likeness (QED) is 0.290. The van der Waals surface area contributed by atoms with E-state index in [4.69, 9.17) is 4.74 Å². The minimum atomic E-state index is -0.403. The molecule has 3 heterocycles. The number of hydrogen-bond acceptors (Lipinski definition) is 8. The van der Waals surface area contributed by atoms with E-state index in [0.717, 1.165) is 11.4 Å². The number of fused-ring (bicyclic) bond motifs is 3. The Bertz CT molecular complexity index is 1410. The molecule has 5 aromatic rings. The number of para-hydroxylation sites is 1. The zero-order valence-corrected chi connectivity index (χ0v) is 18.3. The van der Waals surface area contributed by atoms with Gasteiger partial charge in [0.25, 0.3) is 5.78 Å². The smallest absolute Gasteiger partial charge is 0.311 e. The standard InChI is InChI=1S/C22H19N7O2S/c1-14-8-10-15(11-9-14)13-32-22-23-21-25-24-19-17(12-18(30)31-2)26-28(20(19)29(21)27-22)16-6-4-3-5-7-16/h3-11H,12-13H2,1-2H3. The summed E-state index contributed by atoms with van der Waals surface area (Å²) in [6.07, 6.45) is -0.0171. The van der Waals surface area contributed by atoms with Crippen LogP contribution < -0.4 is 0 Å². The molecule has 0 aliphatic heterocycles. The van der Waals surface area contributed by atoms with Crippen LogP contribution in [0, 0.1) is 6.92 Å². The van der Waals surface area contributed by atoms with Crippen molar-refractivity contribution in [3.8, 4) is 5.69 Å². The van der Waals surface area contributed by atoms with Crippen molar-refractivity contribution in [2.24, 2.45) is 0 Å². The van der Waals surface area contributed by atoms with Crippen LogP contribution in [0.5, 0.6) is 0 Å². The van der Waals surface area contributed by atoms with Crippen molar-refractivity contribution in [3.63, 3.8) is 0 Å². The first-order chi connectivity index (χ1) is 15.6. The molecule has 32 heavy (non-hydrogen) atoms. The van der Waals surface area contributed by atoms with Crippen LogP contribution >= 0.6 is 11.8 Å². The molecule has 0 saturated heterocycles. The van der Waals surface area contributed by atoms with Crippen molar-refractivity contribution in [3.05, 3.63) is 71.4 Å². The summed E-state index contributed by atoms with van der Waals surface area (Å²) in [4.78, 5) is 16.4. The van der Waals surface area contributed by atoms with E-state index in [1.165, 1.54) is 30.0 Å². The topological polar surface area (TPSA) is 100 Å². The van der Waals surface area contributed by atoms with Gasteiger partial charge in [0, 0.05) is 5.75 Å². The lowest BCUT2D eigenvalue weighted by Gasteiger charge is -2.03. The summed E-state index contributed by atoms with van der Waals surface area (Å²) in [5, 5.41) is 18.4. The fourth-order valence-corrected chi connectivity index (χ4v) is 4.07. The molecule has 0 aliphatic rings. The largest absolute Gasteiger partial charge is 0.469 e. The molecule has 0 saturated carbocycles. The Kier molecular flexibility index (Phi) is 5.28. The minimum absolute atomic E-state index is 0.0171. The van der Waals surface area contributed by atoms with Crippen molar-refractivity contribution >= 4 is 34.7 Å². The summed E-state index contributed by atoms with van der Waals surface area (Å²) in [7, 11) is 1.34. The Balaban J connectivity index is 1.59. The van der Waals surface area contributed by atoms with Gasteiger partial charge >= 0.3 is 5.97 Å². The number of aromatic nitrogens is 7. The number of carbonyl (C=O) groups is 1. The third kappa shape index (κ3) is 3.80. The monoisotopic (exact) mass is 445 g/mol. The highest BCUT2D eigenvalue weighted by molar-refractivity contribution is 7.98. The molecule has 0 radical (unpaired) electrons. The highest BCUT2D eigenvalue weighted by Gasteiger charge is 2.21. The molecular formula is C22H19N7O2S. The number of carbonyl (C=O) groups excluding carboxylic acids is 1. The van der Waals surface area contributed by atoms with Crippen LogP contribution in [0.15, 0.2) is 59.8 Å². The fourth-order valence-electron chi connectivity index (χ4n) is 3.29. The van der Waals surface area contributed by atoms with E-state index >= 15 is 0 Å². The summed E-state index contributed by atoms with van der Waals surface area (Å²) >= 11 is 1.52. The normalized spacial score (nSPS) is 11.3. The predicted molar refractivity (Wildman–Crippen MR) is 120 cm³/mol. The third-order valence-corrected chi connectivity index (χ3v) is 5.85. The van der Waals surface area contributed by atoms with Gasteiger partial charge in [-0.15, -0.1) is 15.3 Å². The molecule has 0 unspecified atom stereocenters. The Hall–Kier alpha value is -3.79. The molecule has 0 fully saturated rings. The number of hydrogen-bond donors (Lipinski definition) is 0. The maximum atomic E-state index is 11.9. The summed E-state index contributed by atoms with van der Waals surface area (Å²) in [6, 6.07) is 18.0. The van der Waals surface area contributed by atoms with Crippen LogP contribution in [0.4, 0.5) is 0 Å². The van der Waals surface area contributed by atoms with Crippen LogP contribution in [0.3, 0.4) is 0 Å². The lowest BCUT2D eigenvalue weighted by molar-refractivity contribution is -0.139. The van der Waals surface area contributed by atoms with Gasteiger partial charge in [-0.1, -0.05) is 59.8 Å². The average molecular weight is 446 g/mol. The molecule has 5 rings (SSSR count). The second-order valence-corrected chi connectivity index (χ2v) is 8.14. The maximum Gasteiger partial charge on any atom is 0.311 e. The van der Waals surface area contributed by atoms with Crippen LogP contribution in [-0.4, -0.2) is 47.7 Å². The van der Waals surface area contributed by atoms with Gasteiger partial charge in [-0.25, -0.2) is 4.68 Å². The molecule has 160 valence electrons. The van der Waals surface area contributed by atoms with Crippen LogP contribution in [-0.2, 0) is 21.7 Å². The van der Waals surface area contributed by atoms with Gasteiger partial charge in [0.1, 0.15) is 5.69 Å². The van der Waals surface area contributed by atoms with Gasteiger partial charge in [0.15, 0.2) is 11.2 Å². The maximum absolute atomic E-state index is 11.9. The summed E-state index contributed by atoms with van der Waals surface area (Å²) in [5.74, 6) is 0.698. The number of nitrogens with zero attached hydrogens (tertiary/aromatic N) is 7. The van der Waals surface area contributed by atoms with E-state index < -0.39 is 5.97 Å². The van der Waals surface area contributed by atoms with Gasteiger partial charge in [-0.05, 0) is 24.6 Å². The van der Waals surface area contributed by atoms with Crippen molar-refractivity contribution in [1.29, 1.82) is 0 Å². The summed E-state index contributed by atoms with van der Waals surface area (Å²) in [6.45, 7) is 2.06. The lowest BCUT2D eigenvalue weighted by atomic mass is 10.2. The van der Waals surface area contributed by atoms with E-state index in [1.807, 2.05) is 30.3 Å². The number of ether oxygens (including phenoxy) is 1. The Morgan fingerprint density at radius 3 is 2.56 bits per heavy atom. The number of benzene rings is 2. The highest BCUT2D eigenvalue weighted by atomic mass is 32.2. The van der Waals surface area contributed by atoms with Gasteiger partial charge < -0.3 is 4.74 Å². The molecule has 0 spiro atoms. The Morgan fingerprint density at radius 2 is 1.81 bits per heavy atom. The molecule has 10 heteroatoms. The summed E-state index contributed by atoms with van der Waals surface area (Å²) < 4.78 is 8.15. The average Bonchev–Trinajstić information content (AvgIpc) is 3.40. The summed E-state index contributed by atoms with van der Waals surface area (Å²) in [5.41, 5.74) is 4.76. The van der Waals surface area contributed by atoms with Crippen LogP contribution in [0.1, 0.15) is 16.8 Å². The van der Waals surface area contributed by atoms with Crippen molar-refractivity contribution in [1.82, 2.24) is 34.6 Å². The number of methoxy groups -OCH3 is 1. The molecular weight excluding hydrogens is 426 g/mol. The lowest BCUT2D eigenvalue weighted by Crippen LogP contribution is -2.06. The second-order valence-electron chi connectivity index (χ2n) is 7.20. The molecule has 9 nitrogen and oxygen atoms in total. The number of esters is 1. The van der Waals surface area contributed by atoms with Crippen molar-refractivity contribution < 1.29 is 9.53 Å². The fraction of sp³-hybridized carbons (Fsp3) is 0.182. The number of thioether (sulfide) groups is 1. The number of aryl methyl sites for hydroxylation is 1. The first-order valence-corrected chi connectivity index (χ1v) is 10.9.